The van der Waals surface area contributed by atoms with Gasteiger partial charge in [0.25, 0.3) is 0 Å². The van der Waals surface area contributed by atoms with Gasteiger partial charge in [0.1, 0.15) is 5.75 Å². The highest BCUT2D eigenvalue weighted by Crippen LogP contribution is 2.25. The SMILES string of the molecule is COc1ccc(CCN2CCCC2=O)cc1Cl. The summed E-state index contributed by atoms with van der Waals surface area (Å²) >= 11 is 6.05. The molecule has 0 bridgehead atoms. The minimum atomic E-state index is 0.268. The number of rotatable bonds is 4. The average molecular weight is 254 g/mol. The molecule has 0 saturated carbocycles. The van der Waals surface area contributed by atoms with E-state index in [-0.39, 0.29) is 5.91 Å². The predicted molar refractivity (Wildman–Crippen MR) is 67.5 cm³/mol. The number of amides is 1. The third kappa shape index (κ3) is 2.91. The Hall–Kier alpha value is -1.22. The third-order valence-corrected chi connectivity index (χ3v) is 3.35. The third-order valence-electron chi connectivity index (χ3n) is 3.06. The second kappa shape index (κ2) is 5.41. The number of halogens is 1. The van der Waals surface area contributed by atoms with Crippen LogP contribution in [0.15, 0.2) is 18.2 Å². The number of hydrogen-bond donors (Lipinski definition) is 0. The first kappa shape index (κ1) is 12.2. The van der Waals surface area contributed by atoms with Gasteiger partial charge in [-0.1, -0.05) is 17.7 Å². The Kier molecular flexibility index (Phi) is 3.89. The standard InChI is InChI=1S/C13H16ClNO2/c1-17-12-5-4-10(9-11(12)14)6-8-15-7-2-3-13(15)16/h4-5,9H,2-3,6-8H2,1H3. The molecular formula is C13H16ClNO2. The summed E-state index contributed by atoms with van der Waals surface area (Å²) < 4.78 is 5.10. The highest BCUT2D eigenvalue weighted by molar-refractivity contribution is 6.32. The van der Waals surface area contributed by atoms with E-state index in [9.17, 15) is 4.79 Å². The fraction of sp³-hybridized carbons (Fsp3) is 0.462. The number of methoxy groups -OCH3 is 1. The van der Waals surface area contributed by atoms with E-state index >= 15 is 0 Å². The van der Waals surface area contributed by atoms with Gasteiger partial charge < -0.3 is 9.64 Å². The smallest absolute Gasteiger partial charge is 0.222 e. The first-order valence-electron chi connectivity index (χ1n) is 5.81. The Morgan fingerprint density at radius 2 is 2.29 bits per heavy atom. The number of ether oxygens (including phenoxy) is 1. The lowest BCUT2D eigenvalue weighted by molar-refractivity contribution is -0.127. The number of hydrogen-bond acceptors (Lipinski definition) is 2. The quantitative estimate of drug-likeness (QED) is 0.825. The molecule has 17 heavy (non-hydrogen) atoms. The first-order chi connectivity index (χ1) is 8.20. The van der Waals surface area contributed by atoms with Crippen molar-refractivity contribution in [3.05, 3.63) is 28.8 Å². The Balaban J connectivity index is 1.95. The van der Waals surface area contributed by atoms with Crippen molar-refractivity contribution in [2.75, 3.05) is 20.2 Å². The molecule has 0 N–H and O–H groups in total. The van der Waals surface area contributed by atoms with Crippen molar-refractivity contribution in [3.8, 4) is 5.75 Å². The maximum atomic E-state index is 11.4. The fourth-order valence-corrected chi connectivity index (χ4v) is 2.35. The van der Waals surface area contributed by atoms with E-state index in [2.05, 4.69) is 0 Å². The van der Waals surface area contributed by atoms with Gasteiger partial charge in [0.05, 0.1) is 12.1 Å². The number of benzene rings is 1. The highest BCUT2D eigenvalue weighted by Gasteiger charge is 2.19. The van der Waals surface area contributed by atoms with E-state index in [0.717, 1.165) is 31.5 Å². The topological polar surface area (TPSA) is 29.5 Å². The first-order valence-corrected chi connectivity index (χ1v) is 6.18. The van der Waals surface area contributed by atoms with E-state index in [4.69, 9.17) is 16.3 Å². The molecule has 0 unspecified atom stereocenters. The molecule has 0 spiro atoms. The van der Waals surface area contributed by atoms with Gasteiger partial charge in [0, 0.05) is 19.5 Å². The molecule has 1 aliphatic rings. The summed E-state index contributed by atoms with van der Waals surface area (Å²) in [5.74, 6) is 0.956. The monoisotopic (exact) mass is 253 g/mol. The minimum Gasteiger partial charge on any atom is -0.495 e. The summed E-state index contributed by atoms with van der Waals surface area (Å²) in [6, 6.07) is 5.76. The van der Waals surface area contributed by atoms with Crippen molar-refractivity contribution in [3.63, 3.8) is 0 Å². The Morgan fingerprint density at radius 3 is 2.88 bits per heavy atom. The summed E-state index contributed by atoms with van der Waals surface area (Å²) in [6.07, 6.45) is 2.53. The molecule has 1 heterocycles. The molecule has 0 atom stereocenters. The molecule has 1 amide bonds. The Bertz CT molecular complexity index is 420. The van der Waals surface area contributed by atoms with Gasteiger partial charge in [0.15, 0.2) is 0 Å². The molecule has 1 saturated heterocycles. The van der Waals surface area contributed by atoms with Gasteiger partial charge in [-0.15, -0.1) is 0 Å². The molecule has 4 heteroatoms. The number of carbonyl (C=O) groups excluding carboxylic acids is 1. The van der Waals surface area contributed by atoms with Crippen LogP contribution >= 0.6 is 11.6 Å². The lowest BCUT2D eigenvalue weighted by Crippen LogP contribution is -2.26. The summed E-state index contributed by atoms with van der Waals surface area (Å²) in [6.45, 7) is 1.67. The largest absolute Gasteiger partial charge is 0.495 e. The van der Waals surface area contributed by atoms with Crippen molar-refractivity contribution in [1.82, 2.24) is 4.90 Å². The molecular weight excluding hydrogens is 238 g/mol. The molecule has 1 aromatic carbocycles. The fourth-order valence-electron chi connectivity index (χ4n) is 2.07. The van der Waals surface area contributed by atoms with Gasteiger partial charge in [-0.3, -0.25) is 4.79 Å². The van der Waals surface area contributed by atoms with Gasteiger partial charge in [0.2, 0.25) is 5.91 Å². The number of carbonyl (C=O) groups is 1. The van der Waals surface area contributed by atoms with Crippen LogP contribution in [-0.4, -0.2) is 31.0 Å². The van der Waals surface area contributed by atoms with Crippen molar-refractivity contribution in [2.45, 2.75) is 19.3 Å². The molecule has 92 valence electrons. The van der Waals surface area contributed by atoms with Crippen LogP contribution in [0.25, 0.3) is 0 Å². The zero-order valence-corrected chi connectivity index (χ0v) is 10.7. The zero-order valence-electron chi connectivity index (χ0n) is 9.91. The number of nitrogens with zero attached hydrogens (tertiary/aromatic N) is 1. The molecule has 1 fully saturated rings. The lowest BCUT2D eigenvalue weighted by atomic mass is 10.1. The van der Waals surface area contributed by atoms with Crippen molar-refractivity contribution in [2.24, 2.45) is 0 Å². The second-order valence-electron chi connectivity index (χ2n) is 4.20. The number of likely N-dealkylation sites (tertiary alicyclic amines) is 1. The van der Waals surface area contributed by atoms with Crippen LogP contribution in [0.1, 0.15) is 18.4 Å². The molecule has 0 aromatic heterocycles. The Labute approximate surface area is 106 Å². The van der Waals surface area contributed by atoms with Crippen molar-refractivity contribution in [1.29, 1.82) is 0 Å². The van der Waals surface area contributed by atoms with E-state index in [1.54, 1.807) is 7.11 Å². The molecule has 3 nitrogen and oxygen atoms in total. The van der Waals surface area contributed by atoms with Gasteiger partial charge >= 0.3 is 0 Å². The molecule has 1 aromatic rings. The zero-order chi connectivity index (χ0) is 12.3. The second-order valence-corrected chi connectivity index (χ2v) is 4.61. The molecule has 2 rings (SSSR count). The summed E-state index contributed by atoms with van der Waals surface area (Å²) in [7, 11) is 1.60. The summed E-state index contributed by atoms with van der Waals surface area (Å²) in [4.78, 5) is 13.4. The van der Waals surface area contributed by atoms with Gasteiger partial charge in [-0.25, -0.2) is 0 Å². The summed E-state index contributed by atoms with van der Waals surface area (Å²) in [5.41, 5.74) is 1.13. The maximum Gasteiger partial charge on any atom is 0.222 e. The minimum absolute atomic E-state index is 0.268. The highest BCUT2D eigenvalue weighted by atomic mass is 35.5. The molecule has 0 radical (unpaired) electrons. The molecule has 0 aliphatic carbocycles. The van der Waals surface area contributed by atoms with Crippen LogP contribution in [-0.2, 0) is 11.2 Å². The maximum absolute atomic E-state index is 11.4. The van der Waals surface area contributed by atoms with Crippen LogP contribution in [0.5, 0.6) is 5.75 Å². The van der Waals surface area contributed by atoms with Crippen LogP contribution in [0.3, 0.4) is 0 Å². The Morgan fingerprint density at radius 1 is 1.47 bits per heavy atom. The van der Waals surface area contributed by atoms with Gasteiger partial charge in [-0.05, 0) is 30.5 Å². The van der Waals surface area contributed by atoms with Crippen LogP contribution in [0, 0.1) is 0 Å². The van der Waals surface area contributed by atoms with Crippen LogP contribution in [0.2, 0.25) is 5.02 Å². The van der Waals surface area contributed by atoms with Crippen molar-refractivity contribution >= 4 is 17.5 Å². The van der Waals surface area contributed by atoms with Crippen LogP contribution < -0.4 is 4.74 Å². The van der Waals surface area contributed by atoms with Crippen molar-refractivity contribution < 1.29 is 9.53 Å². The lowest BCUT2D eigenvalue weighted by Gasteiger charge is -2.15. The van der Waals surface area contributed by atoms with E-state index < -0.39 is 0 Å². The average Bonchev–Trinajstić information content (AvgIpc) is 2.72. The van der Waals surface area contributed by atoms with Crippen LogP contribution in [0.4, 0.5) is 0 Å². The molecule has 1 aliphatic heterocycles. The van der Waals surface area contributed by atoms with E-state index in [1.165, 1.54) is 0 Å². The van der Waals surface area contributed by atoms with Gasteiger partial charge in [-0.2, -0.15) is 0 Å². The normalized spacial score (nSPS) is 15.4. The van der Waals surface area contributed by atoms with E-state index in [0.29, 0.717) is 17.2 Å². The summed E-state index contributed by atoms with van der Waals surface area (Å²) in [5, 5.41) is 0.623. The predicted octanol–water partition coefficient (Wildman–Crippen LogP) is 2.51. The van der Waals surface area contributed by atoms with E-state index in [1.807, 2.05) is 23.1 Å².